The Morgan fingerprint density at radius 3 is 2.79 bits per heavy atom. The van der Waals surface area contributed by atoms with Crippen LogP contribution in [0.25, 0.3) is 22.4 Å². The maximum absolute atomic E-state index is 12.4. The number of nitrogens with one attached hydrogen (secondary N) is 1. The van der Waals surface area contributed by atoms with Gasteiger partial charge in [-0.25, -0.2) is 0 Å². The molecule has 7 nitrogen and oxygen atoms in total. The van der Waals surface area contributed by atoms with Crippen molar-refractivity contribution in [2.75, 3.05) is 5.75 Å². The molecule has 0 saturated carbocycles. The average Bonchev–Trinajstić information content (AvgIpc) is 3.30. The molecule has 1 amide bonds. The number of fused-ring (bicyclic) bond motifs is 1. The molecule has 0 aliphatic rings. The van der Waals surface area contributed by atoms with Gasteiger partial charge in [0.25, 0.3) is 0 Å². The number of amides is 1. The van der Waals surface area contributed by atoms with Crippen LogP contribution in [-0.2, 0) is 11.8 Å². The lowest BCUT2D eigenvalue weighted by molar-refractivity contribution is -0.119. The Morgan fingerprint density at radius 2 is 2.00 bits per heavy atom. The Bertz CT molecular complexity index is 1070. The molecule has 0 bridgehead atoms. The molecular weight excluding hydrogens is 374 g/mol. The highest BCUT2D eigenvalue weighted by atomic mass is 32.2. The van der Waals surface area contributed by atoms with Crippen molar-refractivity contribution in [2.24, 2.45) is 7.05 Å². The zero-order valence-electron chi connectivity index (χ0n) is 15.5. The van der Waals surface area contributed by atoms with Gasteiger partial charge in [-0.15, -0.1) is 10.2 Å². The Balaban J connectivity index is 1.37. The number of carbonyl (C=O) groups excluding carboxylic acids is 1. The Kier molecular flexibility index (Phi) is 5.12. The van der Waals surface area contributed by atoms with Crippen molar-refractivity contribution >= 4 is 28.6 Å². The number of hydrogen-bond acceptors (Lipinski definition) is 6. The summed E-state index contributed by atoms with van der Waals surface area (Å²) in [5.41, 5.74) is 1.75. The summed E-state index contributed by atoms with van der Waals surface area (Å²) in [6, 6.07) is 13.3. The fourth-order valence-electron chi connectivity index (χ4n) is 2.89. The third kappa shape index (κ3) is 3.77. The third-order valence-corrected chi connectivity index (χ3v) is 5.37. The van der Waals surface area contributed by atoms with Crippen molar-refractivity contribution < 1.29 is 9.21 Å². The SMILES string of the molecule is CC(NC(=O)CSc1nnc(-c2ccncc2)n1C)c1cc2ccccc2o1. The molecule has 1 aromatic carbocycles. The zero-order chi connectivity index (χ0) is 19.5. The van der Waals surface area contributed by atoms with Crippen LogP contribution in [0.2, 0.25) is 0 Å². The van der Waals surface area contributed by atoms with E-state index in [0.29, 0.717) is 5.16 Å². The number of rotatable bonds is 6. The van der Waals surface area contributed by atoms with Crippen molar-refractivity contribution in [3.8, 4) is 11.4 Å². The van der Waals surface area contributed by atoms with Gasteiger partial charge in [-0.3, -0.25) is 9.78 Å². The Morgan fingerprint density at radius 1 is 1.21 bits per heavy atom. The minimum absolute atomic E-state index is 0.0913. The summed E-state index contributed by atoms with van der Waals surface area (Å²) in [6.45, 7) is 1.91. The average molecular weight is 393 g/mol. The van der Waals surface area contributed by atoms with E-state index < -0.39 is 0 Å². The highest BCUT2D eigenvalue weighted by Crippen LogP contribution is 2.24. The van der Waals surface area contributed by atoms with Crippen LogP contribution in [0.3, 0.4) is 0 Å². The number of aromatic nitrogens is 4. The van der Waals surface area contributed by atoms with Crippen LogP contribution >= 0.6 is 11.8 Å². The number of benzene rings is 1. The smallest absolute Gasteiger partial charge is 0.231 e. The maximum atomic E-state index is 12.4. The van der Waals surface area contributed by atoms with Gasteiger partial charge in [-0.05, 0) is 31.2 Å². The standard InChI is InChI=1S/C20H19N5O2S/c1-13(17-11-15-5-3-4-6-16(15)27-17)22-18(26)12-28-20-24-23-19(25(20)2)14-7-9-21-10-8-14/h3-11,13H,12H2,1-2H3,(H,22,26). The molecule has 1 atom stereocenters. The second kappa shape index (κ2) is 7.85. The van der Waals surface area contributed by atoms with Crippen molar-refractivity contribution in [2.45, 2.75) is 18.1 Å². The molecule has 1 unspecified atom stereocenters. The van der Waals surface area contributed by atoms with E-state index in [1.54, 1.807) is 12.4 Å². The maximum Gasteiger partial charge on any atom is 0.231 e. The summed E-state index contributed by atoms with van der Waals surface area (Å²) in [5, 5.41) is 13.1. The summed E-state index contributed by atoms with van der Waals surface area (Å²) in [6.07, 6.45) is 3.42. The number of para-hydroxylation sites is 1. The van der Waals surface area contributed by atoms with Gasteiger partial charge in [0.2, 0.25) is 5.91 Å². The second-order valence-corrected chi connectivity index (χ2v) is 7.31. The van der Waals surface area contributed by atoms with E-state index in [1.165, 1.54) is 11.8 Å². The van der Waals surface area contributed by atoms with Crippen molar-refractivity contribution in [3.63, 3.8) is 0 Å². The predicted octanol–water partition coefficient (Wildman–Crippen LogP) is 3.59. The molecule has 28 heavy (non-hydrogen) atoms. The van der Waals surface area contributed by atoms with E-state index in [9.17, 15) is 4.79 Å². The van der Waals surface area contributed by atoms with Crippen LogP contribution in [-0.4, -0.2) is 31.4 Å². The largest absolute Gasteiger partial charge is 0.459 e. The lowest BCUT2D eigenvalue weighted by atomic mass is 10.2. The lowest BCUT2D eigenvalue weighted by Crippen LogP contribution is -2.28. The first-order chi connectivity index (χ1) is 13.6. The normalized spacial score (nSPS) is 12.2. The molecule has 3 heterocycles. The molecule has 0 spiro atoms. The Labute approximate surface area is 166 Å². The molecular formula is C20H19N5O2S. The molecule has 8 heteroatoms. The Hall–Kier alpha value is -3.13. The number of furan rings is 1. The fourth-order valence-corrected chi connectivity index (χ4v) is 3.62. The molecule has 0 radical (unpaired) electrons. The molecule has 1 N–H and O–H groups in total. The molecule has 0 aliphatic heterocycles. The fraction of sp³-hybridized carbons (Fsp3) is 0.200. The van der Waals surface area contributed by atoms with Gasteiger partial charge in [-0.2, -0.15) is 0 Å². The molecule has 142 valence electrons. The zero-order valence-corrected chi connectivity index (χ0v) is 16.3. The summed E-state index contributed by atoms with van der Waals surface area (Å²) in [5.74, 6) is 1.62. The van der Waals surface area contributed by atoms with Gasteiger partial charge in [0.1, 0.15) is 11.3 Å². The number of carbonyl (C=O) groups is 1. The van der Waals surface area contributed by atoms with Gasteiger partial charge in [-0.1, -0.05) is 30.0 Å². The highest BCUT2D eigenvalue weighted by molar-refractivity contribution is 7.99. The van der Waals surface area contributed by atoms with Crippen molar-refractivity contribution in [3.05, 3.63) is 60.6 Å². The second-order valence-electron chi connectivity index (χ2n) is 6.37. The first-order valence-electron chi connectivity index (χ1n) is 8.82. The summed E-state index contributed by atoms with van der Waals surface area (Å²) < 4.78 is 7.68. The highest BCUT2D eigenvalue weighted by Gasteiger charge is 2.16. The van der Waals surface area contributed by atoms with E-state index >= 15 is 0 Å². The molecule has 0 fully saturated rings. The van der Waals surface area contributed by atoms with Crippen LogP contribution in [0.15, 0.2) is 64.4 Å². The first-order valence-corrected chi connectivity index (χ1v) is 9.81. The summed E-state index contributed by atoms with van der Waals surface area (Å²) in [4.78, 5) is 16.4. The van der Waals surface area contributed by atoms with E-state index in [0.717, 1.165) is 28.1 Å². The summed E-state index contributed by atoms with van der Waals surface area (Å²) in [7, 11) is 1.88. The van der Waals surface area contributed by atoms with Crippen LogP contribution in [0, 0.1) is 0 Å². The van der Waals surface area contributed by atoms with Crippen LogP contribution in [0.1, 0.15) is 18.7 Å². The van der Waals surface area contributed by atoms with E-state index in [-0.39, 0.29) is 17.7 Å². The van der Waals surface area contributed by atoms with Gasteiger partial charge in [0.15, 0.2) is 11.0 Å². The molecule has 0 aliphatic carbocycles. The quantitative estimate of drug-likeness (QED) is 0.504. The van der Waals surface area contributed by atoms with Gasteiger partial charge in [0.05, 0.1) is 11.8 Å². The minimum atomic E-state index is -0.215. The summed E-state index contributed by atoms with van der Waals surface area (Å²) >= 11 is 1.34. The van der Waals surface area contributed by atoms with Crippen molar-refractivity contribution in [1.82, 2.24) is 25.1 Å². The minimum Gasteiger partial charge on any atom is -0.459 e. The number of nitrogens with zero attached hydrogens (tertiary/aromatic N) is 4. The first kappa shape index (κ1) is 18.2. The van der Waals surface area contributed by atoms with Crippen molar-refractivity contribution in [1.29, 1.82) is 0 Å². The predicted molar refractivity (Wildman–Crippen MR) is 108 cm³/mol. The van der Waals surface area contributed by atoms with Crippen LogP contribution < -0.4 is 5.32 Å². The molecule has 0 saturated heterocycles. The topological polar surface area (TPSA) is 85.8 Å². The van der Waals surface area contributed by atoms with Gasteiger partial charge in [0, 0.05) is 30.4 Å². The number of hydrogen-bond donors (Lipinski definition) is 1. The van der Waals surface area contributed by atoms with Crippen LogP contribution in [0.5, 0.6) is 0 Å². The van der Waals surface area contributed by atoms with E-state index in [4.69, 9.17) is 4.42 Å². The lowest BCUT2D eigenvalue weighted by Gasteiger charge is -2.11. The molecule has 4 rings (SSSR count). The molecule has 3 aromatic heterocycles. The van der Waals surface area contributed by atoms with E-state index in [1.807, 2.05) is 61.0 Å². The number of thioether (sulfide) groups is 1. The van der Waals surface area contributed by atoms with Crippen LogP contribution in [0.4, 0.5) is 0 Å². The van der Waals surface area contributed by atoms with Gasteiger partial charge >= 0.3 is 0 Å². The van der Waals surface area contributed by atoms with Gasteiger partial charge < -0.3 is 14.3 Å². The number of pyridine rings is 1. The third-order valence-electron chi connectivity index (χ3n) is 4.35. The van der Waals surface area contributed by atoms with E-state index in [2.05, 4.69) is 20.5 Å². The molecule has 4 aromatic rings. The monoisotopic (exact) mass is 393 g/mol.